The van der Waals surface area contributed by atoms with Gasteiger partial charge in [0.2, 0.25) is 11.8 Å². The zero-order valence-corrected chi connectivity index (χ0v) is 16.5. The van der Waals surface area contributed by atoms with E-state index in [2.05, 4.69) is 10.3 Å². The molecule has 3 aromatic rings. The summed E-state index contributed by atoms with van der Waals surface area (Å²) in [5.74, 6) is 2.19. The van der Waals surface area contributed by atoms with Crippen molar-refractivity contribution in [3.05, 3.63) is 57.8 Å². The highest BCUT2D eigenvalue weighted by atomic mass is 35.5. The van der Waals surface area contributed by atoms with E-state index < -0.39 is 0 Å². The van der Waals surface area contributed by atoms with E-state index in [0.29, 0.717) is 22.4 Å². The zero-order chi connectivity index (χ0) is 18.1. The molecule has 4 nitrogen and oxygen atoms in total. The van der Waals surface area contributed by atoms with Gasteiger partial charge in [-0.1, -0.05) is 17.7 Å². The van der Waals surface area contributed by atoms with Gasteiger partial charge in [0.15, 0.2) is 0 Å². The Balaban J connectivity index is 1.48. The van der Waals surface area contributed by atoms with Crippen LogP contribution in [0.25, 0.3) is 10.8 Å². The Hall–Kier alpha value is -1.76. The van der Waals surface area contributed by atoms with Gasteiger partial charge in [-0.25, -0.2) is 4.98 Å². The van der Waals surface area contributed by atoms with Gasteiger partial charge in [0.1, 0.15) is 5.76 Å². The number of amides is 1. The van der Waals surface area contributed by atoms with Crippen LogP contribution in [0.5, 0.6) is 0 Å². The zero-order valence-electron chi connectivity index (χ0n) is 14.1. The third-order valence-corrected chi connectivity index (χ3v) is 6.51. The topological polar surface area (TPSA) is 55.1 Å². The van der Waals surface area contributed by atoms with Gasteiger partial charge in [-0.05, 0) is 48.6 Å². The van der Waals surface area contributed by atoms with Crippen molar-refractivity contribution < 1.29 is 9.21 Å². The maximum atomic E-state index is 12.6. The van der Waals surface area contributed by atoms with Crippen LogP contribution in [0.3, 0.4) is 0 Å². The maximum absolute atomic E-state index is 12.6. The molecule has 0 saturated heterocycles. The Bertz CT molecular complexity index is 937. The van der Waals surface area contributed by atoms with Crippen LogP contribution in [-0.2, 0) is 11.2 Å². The Kier molecular flexibility index (Phi) is 5.07. The Labute approximate surface area is 165 Å². The molecule has 0 aliphatic carbocycles. The van der Waals surface area contributed by atoms with Crippen molar-refractivity contribution in [2.24, 2.45) is 0 Å². The molecule has 1 aromatic carbocycles. The smallest absolute Gasteiger partial charge is 0.236 e. The molecule has 1 N–H and O–H groups in total. The highest BCUT2D eigenvalue weighted by Gasteiger charge is 2.24. The molecule has 1 aliphatic heterocycles. The summed E-state index contributed by atoms with van der Waals surface area (Å²) in [5.41, 5.74) is 1.78. The monoisotopic (exact) mass is 404 g/mol. The number of halogens is 1. The van der Waals surface area contributed by atoms with Crippen LogP contribution in [0, 0.1) is 6.92 Å². The summed E-state index contributed by atoms with van der Waals surface area (Å²) < 4.78 is 5.72. The number of benzene rings is 1. The van der Waals surface area contributed by atoms with E-state index in [1.54, 1.807) is 23.1 Å². The first-order chi connectivity index (χ1) is 12.6. The molecule has 7 heteroatoms. The van der Waals surface area contributed by atoms with Crippen molar-refractivity contribution in [1.29, 1.82) is 0 Å². The molecule has 1 aliphatic rings. The van der Waals surface area contributed by atoms with Gasteiger partial charge in [0, 0.05) is 15.7 Å². The molecule has 0 spiro atoms. The highest BCUT2D eigenvalue weighted by Crippen LogP contribution is 2.37. The van der Waals surface area contributed by atoms with Crippen molar-refractivity contribution in [2.45, 2.75) is 30.7 Å². The molecule has 2 aromatic heterocycles. The lowest BCUT2D eigenvalue weighted by molar-refractivity contribution is -0.121. The van der Waals surface area contributed by atoms with Gasteiger partial charge in [0.25, 0.3) is 0 Å². The summed E-state index contributed by atoms with van der Waals surface area (Å²) in [4.78, 5) is 19.2. The van der Waals surface area contributed by atoms with E-state index in [1.807, 2.05) is 42.6 Å². The van der Waals surface area contributed by atoms with Crippen LogP contribution in [0.15, 0.2) is 45.0 Å². The summed E-state index contributed by atoms with van der Waals surface area (Å²) >= 11 is 9.51. The fourth-order valence-corrected chi connectivity index (χ4v) is 4.95. The number of thioether (sulfide) groups is 1. The molecule has 4 rings (SSSR count). The molecule has 1 unspecified atom stereocenters. The van der Waals surface area contributed by atoms with Gasteiger partial charge >= 0.3 is 0 Å². The van der Waals surface area contributed by atoms with Crippen molar-refractivity contribution in [3.8, 4) is 10.8 Å². The first kappa shape index (κ1) is 17.6. The second kappa shape index (κ2) is 7.47. The largest absolute Gasteiger partial charge is 0.440 e. The van der Waals surface area contributed by atoms with Crippen LogP contribution in [0.2, 0.25) is 5.02 Å². The van der Waals surface area contributed by atoms with Gasteiger partial charge in [-0.3, -0.25) is 4.79 Å². The number of aryl methyl sites for hydroxylation is 1. The number of nitrogens with one attached hydrogen (secondary N) is 1. The summed E-state index contributed by atoms with van der Waals surface area (Å²) in [5, 5.41) is 5.80. The van der Waals surface area contributed by atoms with E-state index in [-0.39, 0.29) is 18.4 Å². The first-order valence-electron chi connectivity index (χ1n) is 8.32. The minimum atomic E-state index is -0.0537. The summed E-state index contributed by atoms with van der Waals surface area (Å²) in [7, 11) is 0. The van der Waals surface area contributed by atoms with Gasteiger partial charge in [-0.2, -0.15) is 0 Å². The van der Waals surface area contributed by atoms with Gasteiger partial charge in [-0.15, -0.1) is 23.1 Å². The second-order valence-electron chi connectivity index (χ2n) is 6.12. The summed E-state index contributed by atoms with van der Waals surface area (Å²) in [6, 6.07) is 9.76. The number of carbonyl (C=O) groups excluding carboxylic acids is 1. The normalized spacial score (nSPS) is 16.3. The third kappa shape index (κ3) is 3.68. The standard InChI is InChI=1S/C19H17ClN2O2S2/c1-11-15(22-19(24-11)17-3-2-7-25-17)10-18(23)21-14-6-8-26-16-5-4-12(20)9-13(14)16/h2-5,7,9,14H,6,8,10H2,1H3,(H,21,23). The van der Waals surface area contributed by atoms with Crippen molar-refractivity contribution in [2.75, 3.05) is 5.75 Å². The molecule has 0 saturated carbocycles. The lowest BCUT2D eigenvalue weighted by atomic mass is 10.0. The van der Waals surface area contributed by atoms with Crippen molar-refractivity contribution in [1.82, 2.24) is 10.3 Å². The second-order valence-corrected chi connectivity index (χ2v) is 8.64. The van der Waals surface area contributed by atoms with Crippen molar-refractivity contribution in [3.63, 3.8) is 0 Å². The van der Waals surface area contributed by atoms with Crippen molar-refractivity contribution >= 4 is 40.6 Å². The fourth-order valence-electron chi connectivity index (χ4n) is 3.01. The van der Waals surface area contributed by atoms with Crippen LogP contribution in [0.1, 0.15) is 29.5 Å². The number of hydrogen-bond donors (Lipinski definition) is 1. The predicted molar refractivity (Wildman–Crippen MR) is 106 cm³/mol. The number of rotatable bonds is 4. The Morgan fingerprint density at radius 2 is 2.31 bits per heavy atom. The molecule has 134 valence electrons. The SMILES string of the molecule is Cc1oc(-c2cccs2)nc1CC(=O)NC1CCSc2ccc(Cl)cc21. The Morgan fingerprint density at radius 3 is 3.12 bits per heavy atom. The van der Waals surface area contributed by atoms with E-state index in [4.69, 9.17) is 16.0 Å². The lowest BCUT2D eigenvalue weighted by Crippen LogP contribution is -2.32. The number of hydrogen-bond acceptors (Lipinski definition) is 5. The van der Waals surface area contributed by atoms with E-state index in [9.17, 15) is 4.79 Å². The third-order valence-electron chi connectivity index (χ3n) is 4.30. The molecule has 0 radical (unpaired) electrons. The van der Waals surface area contributed by atoms with Gasteiger partial charge < -0.3 is 9.73 Å². The number of carbonyl (C=O) groups is 1. The molecular formula is C19H17ClN2O2S2. The van der Waals surface area contributed by atoms with E-state index in [0.717, 1.165) is 22.6 Å². The highest BCUT2D eigenvalue weighted by molar-refractivity contribution is 7.99. The number of aromatic nitrogens is 1. The maximum Gasteiger partial charge on any atom is 0.236 e. The van der Waals surface area contributed by atoms with Gasteiger partial charge in [0.05, 0.1) is 23.0 Å². The molecule has 0 fully saturated rings. The molecule has 0 bridgehead atoms. The molecule has 26 heavy (non-hydrogen) atoms. The number of oxazole rings is 1. The van der Waals surface area contributed by atoms with Crippen LogP contribution < -0.4 is 5.32 Å². The molecule has 1 atom stereocenters. The molecule has 3 heterocycles. The average Bonchev–Trinajstić information content (AvgIpc) is 3.26. The first-order valence-corrected chi connectivity index (χ1v) is 10.6. The quantitative estimate of drug-likeness (QED) is 0.644. The number of nitrogens with zero attached hydrogens (tertiary/aromatic N) is 1. The van der Waals surface area contributed by atoms with E-state index >= 15 is 0 Å². The Morgan fingerprint density at radius 1 is 1.42 bits per heavy atom. The minimum absolute atomic E-state index is 0.0126. The fraction of sp³-hybridized carbons (Fsp3) is 0.263. The molecular weight excluding hydrogens is 388 g/mol. The van der Waals surface area contributed by atoms with E-state index in [1.165, 1.54) is 4.90 Å². The average molecular weight is 405 g/mol. The predicted octanol–water partition coefficient (Wildman–Crippen LogP) is 5.26. The summed E-state index contributed by atoms with van der Waals surface area (Å²) in [6.45, 7) is 1.85. The lowest BCUT2D eigenvalue weighted by Gasteiger charge is -2.26. The van der Waals surface area contributed by atoms with Crippen LogP contribution in [-0.4, -0.2) is 16.6 Å². The number of thiophene rings is 1. The van der Waals surface area contributed by atoms with Crippen LogP contribution in [0.4, 0.5) is 0 Å². The number of fused-ring (bicyclic) bond motifs is 1. The minimum Gasteiger partial charge on any atom is -0.440 e. The van der Waals surface area contributed by atoms with Crippen LogP contribution >= 0.6 is 34.7 Å². The molecule has 1 amide bonds. The summed E-state index contributed by atoms with van der Waals surface area (Å²) in [6.07, 6.45) is 1.10.